The highest BCUT2D eigenvalue weighted by atomic mass is 32.2. The first-order valence-corrected chi connectivity index (χ1v) is 11.9. The molecule has 0 spiro atoms. The van der Waals surface area contributed by atoms with Crippen molar-refractivity contribution in [3.8, 4) is 5.75 Å². The highest BCUT2D eigenvalue weighted by molar-refractivity contribution is 7.92. The second kappa shape index (κ2) is 9.87. The number of anilines is 1. The van der Waals surface area contributed by atoms with Crippen molar-refractivity contribution < 1.29 is 17.9 Å². The Balaban J connectivity index is 1.69. The molecule has 0 heterocycles. The Bertz CT molecular complexity index is 1190. The summed E-state index contributed by atoms with van der Waals surface area (Å²) in [4.78, 5) is 12.9. The normalized spacial score (nSPS) is 12.1. The molecule has 0 aliphatic heterocycles. The van der Waals surface area contributed by atoms with E-state index in [1.807, 2.05) is 45.0 Å². The zero-order chi connectivity index (χ0) is 23.3. The maximum atomic E-state index is 12.7. The molecule has 3 aromatic carbocycles. The van der Waals surface area contributed by atoms with Gasteiger partial charge in [0.1, 0.15) is 5.75 Å². The van der Waals surface area contributed by atoms with E-state index in [4.69, 9.17) is 4.74 Å². The second-order valence-corrected chi connectivity index (χ2v) is 9.33. The molecule has 0 saturated heterocycles. The predicted molar refractivity (Wildman–Crippen MR) is 127 cm³/mol. The summed E-state index contributed by atoms with van der Waals surface area (Å²) in [5, 5.41) is 2.97. The standard InChI is InChI=1S/C25H28N2O4S/c1-5-31-22-11-8-20(9-12-22)19(4)26-25(28)21-10-15-24(18(3)16-21)27-32(29,30)23-13-6-17(2)7-14-23/h6-16,19,27H,5H2,1-4H3,(H,26,28). The van der Waals surface area contributed by atoms with Crippen LogP contribution in [0.15, 0.2) is 71.6 Å². The van der Waals surface area contributed by atoms with Crippen LogP contribution in [0.2, 0.25) is 0 Å². The summed E-state index contributed by atoms with van der Waals surface area (Å²) in [6, 6.07) is 18.9. The van der Waals surface area contributed by atoms with Crippen LogP contribution in [0.25, 0.3) is 0 Å². The van der Waals surface area contributed by atoms with Gasteiger partial charge in [-0.2, -0.15) is 0 Å². The molecule has 7 heteroatoms. The minimum atomic E-state index is -3.71. The number of nitrogens with one attached hydrogen (secondary N) is 2. The molecule has 1 atom stereocenters. The third kappa shape index (κ3) is 5.68. The number of carbonyl (C=O) groups excluding carboxylic acids is 1. The van der Waals surface area contributed by atoms with Crippen molar-refractivity contribution in [2.75, 3.05) is 11.3 Å². The van der Waals surface area contributed by atoms with Gasteiger partial charge in [0.15, 0.2) is 0 Å². The van der Waals surface area contributed by atoms with Gasteiger partial charge in [0.05, 0.1) is 23.2 Å². The molecule has 0 fully saturated rings. The molecule has 32 heavy (non-hydrogen) atoms. The quantitative estimate of drug-likeness (QED) is 0.504. The van der Waals surface area contributed by atoms with E-state index in [1.165, 1.54) is 0 Å². The smallest absolute Gasteiger partial charge is 0.261 e. The van der Waals surface area contributed by atoms with Crippen LogP contribution in [-0.4, -0.2) is 20.9 Å². The number of amides is 1. The molecule has 0 saturated carbocycles. The van der Waals surface area contributed by atoms with Gasteiger partial charge in [0.2, 0.25) is 0 Å². The van der Waals surface area contributed by atoms with E-state index in [0.717, 1.165) is 16.9 Å². The molecule has 3 aromatic rings. The van der Waals surface area contributed by atoms with Crippen molar-refractivity contribution >= 4 is 21.6 Å². The second-order valence-electron chi connectivity index (χ2n) is 7.65. The number of ether oxygens (including phenoxy) is 1. The lowest BCUT2D eigenvalue weighted by molar-refractivity contribution is 0.0940. The summed E-state index contributed by atoms with van der Waals surface area (Å²) in [6.07, 6.45) is 0. The molecular formula is C25H28N2O4S. The maximum absolute atomic E-state index is 12.7. The highest BCUT2D eigenvalue weighted by Gasteiger charge is 2.17. The molecule has 0 bridgehead atoms. The van der Waals surface area contributed by atoms with E-state index in [0.29, 0.717) is 23.4 Å². The number of carbonyl (C=O) groups is 1. The van der Waals surface area contributed by atoms with Crippen LogP contribution < -0.4 is 14.8 Å². The molecule has 2 N–H and O–H groups in total. The number of rotatable bonds is 8. The van der Waals surface area contributed by atoms with Crippen LogP contribution in [0.3, 0.4) is 0 Å². The molecule has 3 rings (SSSR count). The Morgan fingerprint density at radius 2 is 1.62 bits per heavy atom. The van der Waals surface area contributed by atoms with Gasteiger partial charge in [0, 0.05) is 5.56 Å². The molecule has 0 radical (unpaired) electrons. The molecule has 0 aromatic heterocycles. The predicted octanol–water partition coefficient (Wildman–Crippen LogP) is 4.99. The lowest BCUT2D eigenvalue weighted by Crippen LogP contribution is -2.26. The topological polar surface area (TPSA) is 84.5 Å². The van der Waals surface area contributed by atoms with Crippen molar-refractivity contribution in [1.29, 1.82) is 0 Å². The van der Waals surface area contributed by atoms with E-state index < -0.39 is 10.0 Å². The molecule has 6 nitrogen and oxygen atoms in total. The first kappa shape index (κ1) is 23.3. The third-order valence-electron chi connectivity index (χ3n) is 5.10. The van der Waals surface area contributed by atoms with Gasteiger partial charge in [-0.05, 0) is 81.3 Å². The Morgan fingerprint density at radius 1 is 0.969 bits per heavy atom. The van der Waals surface area contributed by atoms with Gasteiger partial charge in [-0.15, -0.1) is 0 Å². The molecule has 0 aliphatic rings. The van der Waals surface area contributed by atoms with Crippen molar-refractivity contribution in [1.82, 2.24) is 5.32 Å². The number of hydrogen-bond acceptors (Lipinski definition) is 4. The van der Waals surface area contributed by atoms with Crippen molar-refractivity contribution in [2.24, 2.45) is 0 Å². The van der Waals surface area contributed by atoms with Gasteiger partial charge < -0.3 is 10.1 Å². The molecule has 1 amide bonds. The van der Waals surface area contributed by atoms with Crippen molar-refractivity contribution in [2.45, 2.75) is 38.6 Å². The SMILES string of the molecule is CCOc1ccc(C(C)NC(=O)c2ccc(NS(=O)(=O)c3ccc(C)cc3)c(C)c2)cc1. The minimum Gasteiger partial charge on any atom is -0.494 e. The molecule has 168 valence electrons. The number of aryl methyl sites for hydroxylation is 2. The Kier molecular flexibility index (Phi) is 7.20. The Morgan fingerprint density at radius 3 is 2.22 bits per heavy atom. The van der Waals surface area contributed by atoms with Crippen molar-refractivity contribution in [3.63, 3.8) is 0 Å². The van der Waals surface area contributed by atoms with Crippen LogP contribution in [-0.2, 0) is 10.0 Å². The first-order valence-electron chi connectivity index (χ1n) is 10.4. The van der Waals surface area contributed by atoms with Crippen molar-refractivity contribution in [3.05, 3.63) is 89.0 Å². The highest BCUT2D eigenvalue weighted by Crippen LogP contribution is 2.22. The summed E-state index contributed by atoms with van der Waals surface area (Å²) in [5.74, 6) is 0.552. The lowest BCUT2D eigenvalue weighted by Gasteiger charge is -2.16. The number of sulfonamides is 1. The van der Waals surface area contributed by atoms with Gasteiger partial charge in [-0.25, -0.2) is 8.42 Å². The van der Waals surface area contributed by atoms with Crippen LogP contribution in [0.4, 0.5) is 5.69 Å². The Hall–Kier alpha value is -3.32. The van der Waals surface area contributed by atoms with Crippen LogP contribution >= 0.6 is 0 Å². The lowest BCUT2D eigenvalue weighted by atomic mass is 10.1. The zero-order valence-electron chi connectivity index (χ0n) is 18.7. The van der Waals surface area contributed by atoms with Gasteiger partial charge >= 0.3 is 0 Å². The van der Waals surface area contributed by atoms with Gasteiger partial charge in [-0.3, -0.25) is 9.52 Å². The van der Waals surface area contributed by atoms with E-state index in [9.17, 15) is 13.2 Å². The fourth-order valence-corrected chi connectivity index (χ4v) is 4.35. The minimum absolute atomic E-state index is 0.188. The summed E-state index contributed by atoms with van der Waals surface area (Å²) in [7, 11) is -3.71. The maximum Gasteiger partial charge on any atom is 0.261 e. The zero-order valence-corrected chi connectivity index (χ0v) is 19.5. The van der Waals surface area contributed by atoms with E-state index in [1.54, 1.807) is 49.4 Å². The number of benzene rings is 3. The fraction of sp³-hybridized carbons (Fsp3) is 0.240. The first-order chi connectivity index (χ1) is 15.2. The largest absolute Gasteiger partial charge is 0.494 e. The average Bonchev–Trinajstić information content (AvgIpc) is 2.76. The Labute approximate surface area is 189 Å². The van der Waals surface area contributed by atoms with E-state index in [-0.39, 0.29) is 16.8 Å². The van der Waals surface area contributed by atoms with Gasteiger partial charge in [-0.1, -0.05) is 29.8 Å². The molecule has 0 aliphatic carbocycles. The number of hydrogen-bond donors (Lipinski definition) is 2. The molecular weight excluding hydrogens is 424 g/mol. The monoisotopic (exact) mass is 452 g/mol. The van der Waals surface area contributed by atoms with Gasteiger partial charge in [0.25, 0.3) is 15.9 Å². The summed E-state index contributed by atoms with van der Waals surface area (Å²) in [5.41, 5.74) is 3.48. The van der Waals surface area contributed by atoms with E-state index in [2.05, 4.69) is 10.0 Å². The van der Waals surface area contributed by atoms with Crippen LogP contribution in [0.1, 0.15) is 46.9 Å². The van der Waals surface area contributed by atoms with Crippen LogP contribution in [0.5, 0.6) is 5.75 Å². The molecule has 1 unspecified atom stereocenters. The van der Waals surface area contributed by atoms with Crippen LogP contribution in [0, 0.1) is 13.8 Å². The summed E-state index contributed by atoms with van der Waals surface area (Å²) in [6.45, 7) is 8.10. The van der Waals surface area contributed by atoms with E-state index >= 15 is 0 Å². The summed E-state index contributed by atoms with van der Waals surface area (Å²) < 4.78 is 33.4. The average molecular weight is 453 g/mol. The fourth-order valence-electron chi connectivity index (χ4n) is 3.22. The summed E-state index contributed by atoms with van der Waals surface area (Å²) >= 11 is 0. The third-order valence-corrected chi connectivity index (χ3v) is 6.48.